The van der Waals surface area contributed by atoms with Gasteiger partial charge in [-0.3, -0.25) is 0 Å². The van der Waals surface area contributed by atoms with E-state index in [0.29, 0.717) is 5.16 Å². The number of rotatable bonds is 5. The van der Waals surface area contributed by atoms with Crippen molar-refractivity contribution in [2.45, 2.75) is 22.8 Å². The Morgan fingerprint density at radius 2 is 1.84 bits per heavy atom. The molecular formula is C18H15N5S2. The van der Waals surface area contributed by atoms with Gasteiger partial charge in [0, 0.05) is 10.9 Å². The Kier molecular flexibility index (Phi) is 4.58. The molecule has 0 unspecified atom stereocenters. The molecule has 2 heterocycles. The second kappa shape index (κ2) is 7.16. The van der Waals surface area contributed by atoms with Gasteiger partial charge in [-0.25, -0.2) is 4.98 Å². The summed E-state index contributed by atoms with van der Waals surface area (Å²) in [5, 5.41) is 15.5. The standard InChI is InChI=1S/C18H15N5S2/c1-2-13-8-6-7-11-16(13)23-21-17(20-22-23)25-18-19-15(12-24-18)14-9-4-3-5-10-14/h3-12H,2H2,1H3. The van der Waals surface area contributed by atoms with Crippen LogP contribution in [0.2, 0.25) is 0 Å². The molecule has 5 nitrogen and oxygen atoms in total. The minimum atomic E-state index is 0.597. The molecule has 0 aliphatic carbocycles. The predicted octanol–water partition coefficient (Wildman–Crippen LogP) is 4.50. The average molecular weight is 365 g/mol. The van der Waals surface area contributed by atoms with Gasteiger partial charge in [-0.05, 0) is 35.0 Å². The van der Waals surface area contributed by atoms with Crippen molar-refractivity contribution in [3.63, 3.8) is 0 Å². The van der Waals surface area contributed by atoms with Crippen LogP contribution in [0.25, 0.3) is 16.9 Å². The summed E-state index contributed by atoms with van der Waals surface area (Å²) in [5.74, 6) is 0. The van der Waals surface area contributed by atoms with Crippen molar-refractivity contribution < 1.29 is 0 Å². The van der Waals surface area contributed by atoms with E-state index >= 15 is 0 Å². The maximum Gasteiger partial charge on any atom is 0.238 e. The normalized spacial score (nSPS) is 10.9. The highest BCUT2D eigenvalue weighted by Crippen LogP contribution is 2.31. The van der Waals surface area contributed by atoms with Crippen molar-refractivity contribution in [3.05, 3.63) is 65.5 Å². The van der Waals surface area contributed by atoms with E-state index in [1.807, 2.05) is 36.4 Å². The highest BCUT2D eigenvalue weighted by atomic mass is 32.2. The first-order valence-electron chi connectivity index (χ1n) is 7.90. The summed E-state index contributed by atoms with van der Waals surface area (Å²) in [6.07, 6.45) is 0.924. The number of tetrazole rings is 1. The maximum absolute atomic E-state index is 4.66. The average Bonchev–Trinajstić information content (AvgIpc) is 3.32. The van der Waals surface area contributed by atoms with Gasteiger partial charge in [0.1, 0.15) is 0 Å². The third-order valence-electron chi connectivity index (χ3n) is 3.71. The first-order valence-corrected chi connectivity index (χ1v) is 9.60. The minimum Gasteiger partial charge on any atom is -0.229 e. The fraction of sp³-hybridized carbons (Fsp3) is 0.111. The maximum atomic E-state index is 4.66. The van der Waals surface area contributed by atoms with Crippen molar-refractivity contribution in [1.82, 2.24) is 25.2 Å². The van der Waals surface area contributed by atoms with Crippen LogP contribution in [-0.4, -0.2) is 25.2 Å². The molecule has 0 atom stereocenters. The monoisotopic (exact) mass is 365 g/mol. The van der Waals surface area contributed by atoms with Gasteiger partial charge in [-0.15, -0.1) is 26.3 Å². The molecule has 2 aromatic heterocycles. The largest absolute Gasteiger partial charge is 0.238 e. The van der Waals surface area contributed by atoms with E-state index in [9.17, 15) is 0 Å². The molecule has 0 amide bonds. The minimum absolute atomic E-state index is 0.597. The van der Waals surface area contributed by atoms with E-state index in [4.69, 9.17) is 0 Å². The van der Waals surface area contributed by atoms with Crippen LogP contribution in [0, 0.1) is 0 Å². The molecule has 0 N–H and O–H groups in total. The molecule has 4 rings (SSSR count). The van der Waals surface area contributed by atoms with Crippen LogP contribution < -0.4 is 0 Å². The van der Waals surface area contributed by atoms with Crippen molar-refractivity contribution in [2.75, 3.05) is 0 Å². The molecule has 0 aliphatic heterocycles. The van der Waals surface area contributed by atoms with Gasteiger partial charge < -0.3 is 0 Å². The number of para-hydroxylation sites is 1. The summed E-state index contributed by atoms with van der Waals surface area (Å²) >= 11 is 3.02. The Labute approximate surface area is 153 Å². The molecule has 4 aromatic rings. The zero-order valence-corrected chi connectivity index (χ0v) is 15.2. The van der Waals surface area contributed by atoms with Crippen LogP contribution >= 0.6 is 23.1 Å². The third kappa shape index (κ3) is 3.47. The molecule has 124 valence electrons. The topological polar surface area (TPSA) is 56.5 Å². The lowest BCUT2D eigenvalue weighted by Crippen LogP contribution is -2.02. The lowest BCUT2D eigenvalue weighted by atomic mass is 10.1. The van der Waals surface area contributed by atoms with E-state index in [2.05, 4.69) is 50.9 Å². The Morgan fingerprint density at radius 1 is 1.04 bits per heavy atom. The Morgan fingerprint density at radius 3 is 2.68 bits per heavy atom. The van der Waals surface area contributed by atoms with Crippen molar-refractivity contribution in [3.8, 4) is 16.9 Å². The number of thiazole rings is 1. The van der Waals surface area contributed by atoms with Gasteiger partial charge in [0.2, 0.25) is 5.16 Å². The van der Waals surface area contributed by atoms with E-state index in [0.717, 1.165) is 27.7 Å². The summed E-state index contributed by atoms with van der Waals surface area (Å²) in [4.78, 5) is 6.25. The quantitative estimate of drug-likeness (QED) is 0.521. The fourth-order valence-corrected chi connectivity index (χ4v) is 4.08. The van der Waals surface area contributed by atoms with E-state index in [-0.39, 0.29) is 0 Å². The number of nitrogens with zero attached hydrogens (tertiary/aromatic N) is 5. The Bertz CT molecular complexity index is 978. The van der Waals surface area contributed by atoms with Gasteiger partial charge in [0.15, 0.2) is 4.34 Å². The van der Waals surface area contributed by atoms with Crippen molar-refractivity contribution in [2.24, 2.45) is 0 Å². The second-order valence-electron chi connectivity index (χ2n) is 5.31. The fourth-order valence-electron chi connectivity index (χ4n) is 2.47. The second-order valence-corrected chi connectivity index (χ2v) is 7.38. The van der Waals surface area contributed by atoms with Gasteiger partial charge in [-0.2, -0.15) is 0 Å². The molecule has 2 aromatic carbocycles. The van der Waals surface area contributed by atoms with Crippen LogP contribution in [0.3, 0.4) is 0 Å². The van der Waals surface area contributed by atoms with Crippen molar-refractivity contribution in [1.29, 1.82) is 0 Å². The SMILES string of the molecule is CCc1ccccc1-n1nnc(Sc2nc(-c3ccccc3)cs2)n1. The molecule has 0 radical (unpaired) electrons. The molecular weight excluding hydrogens is 350 g/mol. The van der Waals surface area contributed by atoms with E-state index in [1.54, 1.807) is 16.1 Å². The predicted molar refractivity (Wildman–Crippen MR) is 100 cm³/mol. The number of hydrogen-bond donors (Lipinski definition) is 0. The van der Waals surface area contributed by atoms with E-state index in [1.165, 1.54) is 17.3 Å². The van der Waals surface area contributed by atoms with Crippen LogP contribution in [0.1, 0.15) is 12.5 Å². The number of aromatic nitrogens is 5. The molecule has 0 bridgehead atoms. The number of hydrogen-bond acceptors (Lipinski definition) is 6. The Hall–Kier alpha value is -2.51. The molecule has 0 saturated carbocycles. The molecule has 0 aliphatic rings. The van der Waals surface area contributed by atoms with Crippen LogP contribution in [-0.2, 0) is 6.42 Å². The van der Waals surface area contributed by atoms with Crippen LogP contribution in [0.5, 0.6) is 0 Å². The summed E-state index contributed by atoms with van der Waals surface area (Å²) in [6.45, 7) is 2.12. The summed E-state index contributed by atoms with van der Waals surface area (Å²) in [5.41, 5.74) is 4.24. The Balaban J connectivity index is 1.55. The zero-order valence-electron chi connectivity index (χ0n) is 13.5. The highest BCUT2D eigenvalue weighted by molar-refractivity contribution is 8.00. The smallest absolute Gasteiger partial charge is 0.229 e. The van der Waals surface area contributed by atoms with Crippen LogP contribution in [0.4, 0.5) is 0 Å². The molecule has 0 spiro atoms. The summed E-state index contributed by atoms with van der Waals surface area (Å²) in [6, 6.07) is 18.2. The lowest BCUT2D eigenvalue weighted by Gasteiger charge is -2.04. The zero-order chi connectivity index (χ0) is 17.1. The van der Waals surface area contributed by atoms with Gasteiger partial charge in [-0.1, -0.05) is 55.5 Å². The summed E-state index contributed by atoms with van der Waals surface area (Å²) < 4.78 is 0.905. The third-order valence-corrected chi connectivity index (χ3v) is 5.50. The van der Waals surface area contributed by atoms with Crippen molar-refractivity contribution >= 4 is 23.1 Å². The van der Waals surface area contributed by atoms with Gasteiger partial charge in [0.05, 0.1) is 11.4 Å². The molecule has 25 heavy (non-hydrogen) atoms. The molecule has 0 fully saturated rings. The van der Waals surface area contributed by atoms with Gasteiger partial charge in [0.25, 0.3) is 0 Å². The molecule has 0 saturated heterocycles. The highest BCUT2D eigenvalue weighted by Gasteiger charge is 2.12. The van der Waals surface area contributed by atoms with Gasteiger partial charge >= 0.3 is 0 Å². The number of aryl methyl sites for hydroxylation is 1. The first kappa shape index (κ1) is 16.0. The molecule has 7 heteroatoms. The number of benzene rings is 2. The summed E-state index contributed by atoms with van der Waals surface area (Å²) in [7, 11) is 0. The van der Waals surface area contributed by atoms with E-state index < -0.39 is 0 Å². The van der Waals surface area contributed by atoms with Crippen LogP contribution in [0.15, 0.2) is 69.5 Å². The lowest BCUT2D eigenvalue weighted by molar-refractivity contribution is 0.709. The first-order chi connectivity index (χ1) is 12.3.